The molecule has 0 aliphatic carbocycles. The van der Waals surface area contributed by atoms with Gasteiger partial charge in [-0.05, 0) is 0 Å². The van der Waals surface area contributed by atoms with Crippen LogP contribution in [0.15, 0.2) is 17.9 Å². The summed E-state index contributed by atoms with van der Waals surface area (Å²) in [6.45, 7) is 0. The van der Waals surface area contributed by atoms with Crippen LogP contribution in [0.1, 0.15) is 5.56 Å². The average molecular weight is 181 g/mol. The van der Waals surface area contributed by atoms with Crippen molar-refractivity contribution in [3.8, 4) is 5.88 Å². The normalized spacial score (nSPS) is 14.7. The molecule has 5 heteroatoms. The van der Waals surface area contributed by atoms with E-state index < -0.39 is 0 Å². The van der Waals surface area contributed by atoms with Gasteiger partial charge in [-0.15, -0.1) is 11.8 Å². The molecule has 4 nitrogen and oxygen atoms in total. The number of nitrogens with zero attached hydrogens (tertiary/aromatic N) is 2. The third kappa shape index (κ3) is 1.35. The molecule has 1 aromatic heterocycles. The molecular formula is C7H7N3OS. The predicted octanol–water partition coefficient (Wildman–Crippen LogP) is 1.16. The first-order valence-electron chi connectivity index (χ1n) is 3.41. The maximum absolute atomic E-state index is 5.40. The minimum atomic E-state index is 0.244. The van der Waals surface area contributed by atoms with Crippen molar-refractivity contribution >= 4 is 17.7 Å². The molecule has 1 aromatic rings. The molecule has 0 unspecified atom stereocenters. The minimum Gasteiger partial charge on any atom is -0.446 e. The lowest BCUT2D eigenvalue weighted by Crippen LogP contribution is -1.99. The van der Waals surface area contributed by atoms with Crippen molar-refractivity contribution in [1.82, 2.24) is 9.97 Å². The van der Waals surface area contributed by atoms with Crippen molar-refractivity contribution in [3.63, 3.8) is 0 Å². The molecule has 0 aromatic carbocycles. The number of fused-ring (bicyclic) bond motifs is 1. The zero-order chi connectivity index (χ0) is 8.39. The number of nitrogens with two attached hydrogens (primary N) is 1. The summed E-state index contributed by atoms with van der Waals surface area (Å²) < 4.78 is 5.20. The highest BCUT2D eigenvalue weighted by molar-refractivity contribution is 8.01. The van der Waals surface area contributed by atoms with Crippen LogP contribution < -0.4 is 10.5 Å². The number of nitrogen functional groups attached to an aromatic ring is 1. The summed E-state index contributed by atoms with van der Waals surface area (Å²) in [6, 6.07) is 0. The second kappa shape index (κ2) is 3.02. The molecule has 12 heavy (non-hydrogen) atoms. The van der Waals surface area contributed by atoms with Crippen LogP contribution in [0.2, 0.25) is 0 Å². The Morgan fingerprint density at radius 1 is 1.58 bits per heavy atom. The summed E-state index contributed by atoms with van der Waals surface area (Å²) in [5.74, 6) is 1.63. The summed E-state index contributed by atoms with van der Waals surface area (Å²) in [5.41, 5.74) is 6.37. The molecule has 0 bridgehead atoms. The fourth-order valence-electron chi connectivity index (χ4n) is 0.874. The van der Waals surface area contributed by atoms with Crippen LogP contribution in [-0.4, -0.2) is 9.97 Å². The Kier molecular flexibility index (Phi) is 1.87. The minimum absolute atomic E-state index is 0.244. The van der Waals surface area contributed by atoms with E-state index >= 15 is 0 Å². The molecular weight excluding hydrogens is 174 g/mol. The number of aromatic nitrogens is 2. The lowest BCUT2D eigenvalue weighted by molar-refractivity contribution is 0.459. The quantitative estimate of drug-likeness (QED) is 0.650. The van der Waals surface area contributed by atoms with Gasteiger partial charge in [-0.3, -0.25) is 0 Å². The van der Waals surface area contributed by atoms with Crippen LogP contribution in [0.3, 0.4) is 0 Å². The Bertz CT molecular complexity index is 326. The fourth-order valence-corrected chi connectivity index (χ4v) is 1.48. The standard InChI is InChI=1S/C7H7N3OS/c8-7-9-3-5-4-12-2-1-11-6(5)10-7/h1-3H,4H2,(H2,8,9,10). The molecule has 0 radical (unpaired) electrons. The Morgan fingerprint density at radius 3 is 3.42 bits per heavy atom. The van der Waals surface area contributed by atoms with Crippen molar-refractivity contribution in [1.29, 1.82) is 0 Å². The van der Waals surface area contributed by atoms with E-state index in [-0.39, 0.29) is 5.95 Å². The summed E-state index contributed by atoms with van der Waals surface area (Å²) in [6.07, 6.45) is 3.29. The second-order valence-electron chi connectivity index (χ2n) is 2.26. The third-order valence-corrected chi connectivity index (χ3v) is 2.19. The zero-order valence-electron chi connectivity index (χ0n) is 6.23. The lowest BCUT2D eigenvalue weighted by atomic mass is 10.4. The van der Waals surface area contributed by atoms with E-state index in [2.05, 4.69) is 9.97 Å². The third-order valence-electron chi connectivity index (χ3n) is 1.41. The van der Waals surface area contributed by atoms with Crippen molar-refractivity contribution in [2.45, 2.75) is 5.75 Å². The van der Waals surface area contributed by atoms with E-state index in [1.54, 1.807) is 24.2 Å². The zero-order valence-corrected chi connectivity index (χ0v) is 7.04. The smallest absolute Gasteiger partial charge is 0.227 e. The molecule has 0 atom stereocenters. The molecule has 62 valence electrons. The average Bonchev–Trinajstić information content (AvgIpc) is 2.28. The summed E-state index contributed by atoms with van der Waals surface area (Å²) >= 11 is 1.64. The SMILES string of the molecule is Nc1ncc2c(n1)OC=CSC2. The first-order chi connectivity index (χ1) is 5.86. The van der Waals surface area contributed by atoms with Gasteiger partial charge in [0.25, 0.3) is 0 Å². The predicted molar refractivity (Wildman–Crippen MR) is 47.5 cm³/mol. The van der Waals surface area contributed by atoms with Gasteiger partial charge >= 0.3 is 0 Å². The van der Waals surface area contributed by atoms with Crippen LogP contribution in [-0.2, 0) is 5.75 Å². The highest BCUT2D eigenvalue weighted by atomic mass is 32.2. The van der Waals surface area contributed by atoms with Crippen LogP contribution in [0.5, 0.6) is 5.88 Å². The highest BCUT2D eigenvalue weighted by Crippen LogP contribution is 2.24. The van der Waals surface area contributed by atoms with Gasteiger partial charge in [-0.25, -0.2) is 4.98 Å². The topological polar surface area (TPSA) is 61.0 Å². The molecule has 0 saturated carbocycles. The molecule has 1 aliphatic heterocycles. The molecule has 0 amide bonds. The van der Waals surface area contributed by atoms with Crippen LogP contribution in [0, 0.1) is 0 Å². The fraction of sp³-hybridized carbons (Fsp3) is 0.143. The maximum atomic E-state index is 5.40. The van der Waals surface area contributed by atoms with Crippen LogP contribution in [0.4, 0.5) is 5.95 Å². The van der Waals surface area contributed by atoms with Gasteiger partial charge in [0.05, 0.1) is 6.26 Å². The van der Waals surface area contributed by atoms with Gasteiger partial charge < -0.3 is 10.5 Å². The van der Waals surface area contributed by atoms with E-state index in [9.17, 15) is 0 Å². The van der Waals surface area contributed by atoms with Gasteiger partial charge in [-0.2, -0.15) is 4.98 Å². The van der Waals surface area contributed by atoms with Crippen molar-refractivity contribution in [3.05, 3.63) is 23.4 Å². The highest BCUT2D eigenvalue weighted by Gasteiger charge is 2.08. The van der Waals surface area contributed by atoms with E-state index in [1.807, 2.05) is 5.41 Å². The Morgan fingerprint density at radius 2 is 2.50 bits per heavy atom. The summed E-state index contributed by atoms with van der Waals surface area (Å²) in [5, 5.41) is 1.87. The van der Waals surface area contributed by atoms with E-state index in [1.165, 1.54) is 0 Å². The van der Waals surface area contributed by atoms with Crippen LogP contribution >= 0.6 is 11.8 Å². The first-order valence-corrected chi connectivity index (χ1v) is 4.46. The molecule has 2 rings (SSSR count). The molecule has 2 heterocycles. The van der Waals surface area contributed by atoms with E-state index in [4.69, 9.17) is 10.5 Å². The van der Waals surface area contributed by atoms with Crippen molar-refractivity contribution in [2.75, 3.05) is 5.73 Å². The van der Waals surface area contributed by atoms with E-state index in [0.29, 0.717) is 5.88 Å². The molecule has 0 saturated heterocycles. The van der Waals surface area contributed by atoms with Gasteiger partial charge in [0.2, 0.25) is 11.8 Å². The van der Waals surface area contributed by atoms with Crippen molar-refractivity contribution < 1.29 is 4.74 Å². The lowest BCUT2D eigenvalue weighted by Gasteiger charge is -2.02. The molecule has 1 aliphatic rings. The summed E-state index contributed by atoms with van der Waals surface area (Å²) in [4.78, 5) is 7.83. The van der Waals surface area contributed by atoms with Gasteiger partial charge in [0.1, 0.15) is 0 Å². The number of hydrogen-bond donors (Lipinski definition) is 1. The van der Waals surface area contributed by atoms with Gasteiger partial charge in [-0.1, -0.05) is 0 Å². The monoisotopic (exact) mass is 181 g/mol. The number of rotatable bonds is 0. The second-order valence-corrected chi connectivity index (χ2v) is 3.15. The number of anilines is 1. The Balaban J connectivity index is 2.42. The molecule has 2 N–H and O–H groups in total. The number of hydrogen-bond acceptors (Lipinski definition) is 5. The maximum Gasteiger partial charge on any atom is 0.227 e. The number of ether oxygens (including phenoxy) is 1. The van der Waals surface area contributed by atoms with Crippen molar-refractivity contribution in [2.24, 2.45) is 0 Å². The van der Waals surface area contributed by atoms with Crippen LogP contribution in [0.25, 0.3) is 0 Å². The summed E-state index contributed by atoms with van der Waals surface area (Å²) in [7, 11) is 0. The van der Waals surface area contributed by atoms with Gasteiger partial charge in [0, 0.05) is 22.9 Å². The molecule has 0 fully saturated rings. The first kappa shape index (κ1) is 7.42. The van der Waals surface area contributed by atoms with Gasteiger partial charge in [0.15, 0.2) is 0 Å². The Labute approximate surface area is 73.8 Å². The van der Waals surface area contributed by atoms with E-state index in [0.717, 1.165) is 11.3 Å². The number of thioether (sulfide) groups is 1. The Hall–Kier alpha value is -1.23. The largest absolute Gasteiger partial charge is 0.446 e. The molecule has 0 spiro atoms.